The summed E-state index contributed by atoms with van der Waals surface area (Å²) in [6, 6.07) is 0. The van der Waals surface area contributed by atoms with Crippen molar-refractivity contribution in [1.29, 1.82) is 0 Å². The number of nitrogens with one attached hydrogen (secondary N) is 1. The number of aromatic nitrogens is 3. The largest absolute Gasteiger partial charge is 0.481 e. The fourth-order valence-electron chi connectivity index (χ4n) is 2.35. The Hall–Kier alpha value is -1.59. The minimum atomic E-state index is -0.696. The van der Waals surface area contributed by atoms with Crippen LogP contribution in [0.2, 0.25) is 0 Å². The number of carbonyl (C=O) groups is 1. The number of carboxylic acid groups (broad SMARTS) is 1. The monoisotopic (exact) mass is 224 g/mol. The molecule has 0 aromatic carbocycles. The summed E-state index contributed by atoms with van der Waals surface area (Å²) in [6.45, 7) is 0. The first kappa shape index (κ1) is 10.9. The van der Waals surface area contributed by atoms with E-state index in [1.54, 1.807) is 7.05 Å². The van der Waals surface area contributed by atoms with Gasteiger partial charge in [-0.2, -0.15) is 0 Å². The summed E-state index contributed by atoms with van der Waals surface area (Å²) in [5.41, 5.74) is 0. The van der Waals surface area contributed by atoms with E-state index in [1.807, 2.05) is 11.6 Å². The highest BCUT2D eigenvalue weighted by molar-refractivity contribution is 5.70. The third-order valence-corrected chi connectivity index (χ3v) is 3.28. The van der Waals surface area contributed by atoms with E-state index in [1.165, 1.54) is 0 Å². The number of nitrogens with zero attached hydrogens (tertiary/aromatic N) is 3. The zero-order valence-electron chi connectivity index (χ0n) is 9.47. The lowest BCUT2D eigenvalue weighted by Crippen LogP contribution is -2.10. The maximum absolute atomic E-state index is 10.9. The predicted octanol–water partition coefficient (Wildman–Crippen LogP) is 0.825. The van der Waals surface area contributed by atoms with Crippen LogP contribution in [0.3, 0.4) is 0 Å². The summed E-state index contributed by atoms with van der Waals surface area (Å²) in [5.74, 6) is 0.904. The number of anilines is 1. The number of hydrogen-bond acceptors (Lipinski definition) is 4. The van der Waals surface area contributed by atoms with E-state index in [9.17, 15) is 4.79 Å². The summed E-state index contributed by atoms with van der Waals surface area (Å²) in [5, 5.41) is 20.0. The van der Waals surface area contributed by atoms with E-state index in [-0.39, 0.29) is 11.8 Å². The maximum atomic E-state index is 10.9. The van der Waals surface area contributed by atoms with Gasteiger partial charge >= 0.3 is 5.97 Å². The molecule has 2 N–H and O–H groups in total. The van der Waals surface area contributed by atoms with Gasteiger partial charge in [-0.25, -0.2) is 0 Å². The molecular formula is C10H16N4O2. The van der Waals surface area contributed by atoms with E-state index in [4.69, 9.17) is 5.11 Å². The van der Waals surface area contributed by atoms with Crippen molar-refractivity contribution >= 4 is 11.9 Å². The molecule has 1 saturated carbocycles. The van der Waals surface area contributed by atoms with Crippen LogP contribution in [-0.4, -0.2) is 32.9 Å². The number of rotatable bonds is 3. The van der Waals surface area contributed by atoms with Crippen LogP contribution in [0, 0.1) is 5.92 Å². The first-order valence-electron chi connectivity index (χ1n) is 5.43. The predicted molar refractivity (Wildman–Crippen MR) is 58.3 cm³/mol. The van der Waals surface area contributed by atoms with Gasteiger partial charge in [0.15, 0.2) is 0 Å². The summed E-state index contributed by atoms with van der Waals surface area (Å²) < 4.78 is 1.90. The highest BCUT2D eigenvalue weighted by Gasteiger charge is 2.33. The molecule has 6 heteroatoms. The highest BCUT2D eigenvalue weighted by atomic mass is 16.4. The molecule has 0 aliphatic heterocycles. The number of carboxylic acids is 1. The Balaban J connectivity index is 2.14. The summed E-state index contributed by atoms with van der Waals surface area (Å²) in [4.78, 5) is 10.9. The second-order valence-corrected chi connectivity index (χ2v) is 4.24. The van der Waals surface area contributed by atoms with E-state index >= 15 is 0 Å². The molecule has 1 aromatic rings. The molecular weight excluding hydrogens is 208 g/mol. The van der Waals surface area contributed by atoms with Gasteiger partial charge in [0, 0.05) is 20.0 Å². The van der Waals surface area contributed by atoms with E-state index in [0.29, 0.717) is 12.4 Å². The molecule has 2 atom stereocenters. The van der Waals surface area contributed by atoms with Gasteiger partial charge in [-0.1, -0.05) is 0 Å². The molecule has 0 radical (unpaired) electrons. The molecule has 6 nitrogen and oxygen atoms in total. The molecule has 0 spiro atoms. The molecule has 1 aliphatic carbocycles. The van der Waals surface area contributed by atoms with Gasteiger partial charge in [0.1, 0.15) is 5.82 Å². The van der Waals surface area contributed by atoms with Crippen LogP contribution in [0.5, 0.6) is 0 Å². The van der Waals surface area contributed by atoms with Gasteiger partial charge in [-0.15, -0.1) is 10.2 Å². The Morgan fingerprint density at radius 1 is 1.50 bits per heavy atom. The minimum absolute atomic E-state index is 0.222. The van der Waals surface area contributed by atoms with Crippen molar-refractivity contribution in [3.05, 3.63) is 5.82 Å². The molecule has 0 bridgehead atoms. The third-order valence-electron chi connectivity index (χ3n) is 3.28. The van der Waals surface area contributed by atoms with Crippen molar-refractivity contribution in [2.24, 2.45) is 13.0 Å². The van der Waals surface area contributed by atoms with E-state index < -0.39 is 5.97 Å². The summed E-state index contributed by atoms with van der Waals surface area (Å²) in [7, 11) is 3.69. The molecule has 1 aliphatic rings. The normalized spacial score (nSPS) is 24.6. The average molecular weight is 224 g/mol. The Morgan fingerprint density at radius 2 is 2.25 bits per heavy atom. The van der Waals surface area contributed by atoms with Crippen LogP contribution in [0.25, 0.3) is 0 Å². The van der Waals surface area contributed by atoms with Gasteiger partial charge in [0.25, 0.3) is 0 Å². The summed E-state index contributed by atoms with van der Waals surface area (Å²) in [6.07, 6.45) is 2.29. The second-order valence-electron chi connectivity index (χ2n) is 4.24. The molecule has 1 heterocycles. The summed E-state index contributed by atoms with van der Waals surface area (Å²) >= 11 is 0. The Morgan fingerprint density at radius 3 is 2.75 bits per heavy atom. The lowest BCUT2D eigenvalue weighted by atomic mass is 10.0. The first-order valence-corrected chi connectivity index (χ1v) is 5.43. The quantitative estimate of drug-likeness (QED) is 0.794. The third kappa shape index (κ3) is 1.75. The van der Waals surface area contributed by atoms with Crippen molar-refractivity contribution in [3.63, 3.8) is 0 Å². The van der Waals surface area contributed by atoms with Crippen LogP contribution in [0.15, 0.2) is 0 Å². The highest BCUT2D eigenvalue weighted by Crippen LogP contribution is 2.37. The van der Waals surface area contributed by atoms with Crippen molar-refractivity contribution in [2.45, 2.75) is 25.2 Å². The number of aliphatic carboxylic acids is 1. The molecule has 1 aromatic heterocycles. The maximum Gasteiger partial charge on any atom is 0.306 e. The standard InChI is InChI=1S/C10H16N4O2/c1-11-10-13-12-8(14(10)2)6-3-4-7(5-6)9(15)16/h6-7H,3-5H2,1-2H3,(H,11,13)(H,15,16). The zero-order valence-corrected chi connectivity index (χ0v) is 9.47. The van der Waals surface area contributed by atoms with Gasteiger partial charge in [0.2, 0.25) is 5.95 Å². The topological polar surface area (TPSA) is 80.0 Å². The van der Waals surface area contributed by atoms with Crippen LogP contribution in [0.1, 0.15) is 31.0 Å². The van der Waals surface area contributed by atoms with Crippen LogP contribution in [0.4, 0.5) is 5.95 Å². The minimum Gasteiger partial charge on any atom is -0.481 e. The van der Waals surface area contributed by atoms with Crippen molar-refractivity contribution in [1.82, 2.24) is 14.8 Å². The Kier molecular flexibility index (Phi) is 2.80. The lowest BCUT2D eigenvalue weighted by Gasteiger charge is -2.09. The smallest absolute Gasteiger partial charge is 0.306 e. The molecule has 16 heavy (non-hydrogen) atoms. The molecule has 2 unspecified atom stereocenters. The first-order chi connectivity index (χ1) is 7.63. The van der Waals surface area contributed by atoms with Crippen LogP contribution < -0.4 is 5.32 Å². The molecule has 1 fully saturated rings. The van der Waals surface area contributed by atoms with Gasteiger partial charge in [-0.05, 0) is 19.3 Å². The van der Waals surface area contributed by atoms with Gasteiger partial charge in [0.05, 0.1) is 5.92 Å². The van der Waals surface area contributed by atoms with E-state index in [0.717, 1.165) is 18.7 Å². The SMILES string of the molecule is CNc1nnc(C2CCC(C(=O)O)C2)n1C. The zero-order chi connectivity index (χ0) is 11.7. The van der Waals surface area contributed by atoms with Crippen molar-refractivity contribution in [3.8, 4) is 0 Å². The van der Waals surface area contributed by atoms with Gasteiger partial charge in [-0.3, -0.25) is 4.79 Å². The Labute approximate surface area is 93.7 Å². The fraction of sp³-hybridized carbons (Fsp3) is 0.700. The van der Waals surface area contributed by atoms with Crippen molar-refractivity contribution < 1.29 is 9.90 Å². The van der Waals surface area contributed by atoms with Gasteiger partial charge < -0.3 is 15.0 Å². The molecule has 0 saturated heterocycles. The molecule has 88 valence electrons. The van der Waals surface area contributed by atoms with Crippen LogP contribution >= 0.6 is 0 Å². The Bertz CT molecular complexity index is 402. The molecule has 0 amide bonds. The fourth-order valence-corrected chi connectivity index (χ4v) is 2.35. The average Bonchev–Trinajstić information content (AvgIpc) is 2.83. The lowest BCUT2D eigenvalue weighted by molar-refractivity contribution is -0.141. The second kappa shape index (κ2) is 4.11. The van der Waals surface area contributed by atoms with Crippen molar-refractivity contribution in [2.75, 3.05) is 12.4 Å². The van der Waals surface area contributed by atoms with E-state index in [2.05, 4.69) is 15.5 Å². The number of hydrogen-bond donors (Lipinski definition) is 2. The van der Waals surface area contributed by atoms with Crippen LogP contribution in [-0.2, 0) is 11.8 Å². The molecule has 2 rings (SSSR count).